The van der Waals surface area contributed by atoms with E-state index in [1.165, 1.54) is 6.26 Å². The maximum absolute atomic E-state index is 13.4. The van der Waals surface area contributed by atoms with Gasteiger partial charge >= 0.3 is 0 Å². The van der Waals surface area contributed by atoms with Crippen LogP contribution in [-0.4, -0.2) is 64.8 Å². The summed E-state index contributed by atoms with van der Waals surface area (Å²) in [5, 5.41) is 0. The molecule has 0 N–H and O–H groups in total. The van der Waals surface area contributed by atoms with Gasteiger partial charge in [-0.15, -0.1) is 0 Å². The molecule has 3 heterocycles. The number of rotatable bonds is 3. The van der Waals surface area contributed by atoms with Gasteiger partial charge in [0.25, 0.3) is 5.91 Å². The number of hydrogen-bond donors (Lipinski definition) is 0. The zero-order valence-corrected chi connectivity index (χ0v) is 16.5. The van der Waals surface area contributed by atoms with Gasteiger partial charge in [0, 0.05) is 45.2 Å². The summed E-state index contributed by atoms with van der Waals surface area (Å²) >= 11 is 0. The molecule has 0 spiro atoms. The van der Waals surface area contributed by atoms with Crippen LogP contribution < -0.4 is 0 Å². The first-order valence-corrected chi connectivity index (χ1v) is 9.98. The minimum atomic E-state index is -0.488. The van der Waals surface area contributed by atoms with Crippen molar-refractivity contribution in [2.24, 2.45) is 0 Å². The summed E-state index contributed by atoms with van der Waals surface area (Å²) in [6, 6.07) is 11.4. The molecule has 28 heavy (non-hydrogen) atoms. The maximum Gasteiger partial charge on any atom is 0.290 e. The van der Waals surface area contributed by atoms with Gasteiger partial charge < -0.3 is 14.2 Å². The Balaban J connectivity index is 1.57. The Morgan fingerprint density at radius 3 is 2.36 bits per heavy atom. The van der Waals surface area contributed by atoms with Crippen LogP contribution in [0, 0.1) is 0 Å². The Labute approximate surface area is 165 Å². The summed E-state index contributed by atoms with van der Waals surface area (Å²) in [5.74, 6) is 0.0956. The molecule has 0 bridgehead atoms. The van der Waals surface area contributed by atoms with Crippen molar-refractivity contribution in [1.82, 2.24) is 14.7 Å². The Morgan fingerprint density at radius 1 is 1.00 bits per heavy atom. The monoisotopic (exact) mass is 381 g/mol. The number of fused-ring (bicyclic) bond motifs is 1. The van der Waals surface area contributed by atoms with E-state index in [4.69, 9.17) is 4.42 Å². The number of carbonyl (C=O) groups is 2. The van der Waals surface area contributed by atoms with Gasteiger partial charge in [0.15, 0.2) is 5.76 Å². The minimum absolute atomic E-state index is 0.0396. The first-order chi connectivity index (χ1) is 13.5. The number of carbonyl (C=O) groups excluding carboxylic acids is 2. The van der Waals surface area contributed by atoms with E-state index in [1.807, 2.05) is 23.1 Å². The molecule has 1 aromatic heterocycles. The van der Waals surface area contributed by atoms with Crippen LogP contribution in [0.1, 0.15) is 35.5 Å². The van der Waals surface area contributed by atoms with Gasteiger partial charge in [-0.25, -0.2) is 0 Å². The van der Waals surface area contributed by atoms with E-state index in [9.17, 15) is 9.59 Å². The van der Waals surface area contributed by atoms with Crippen LogP contribution in [0.3, 0.4) is 0 Å². The second-order valence-corrected chi connectivity index (χ2v) is 7.85. The molecule has 6 heteroatoms. The molecule has 2 amide bonds. The molecule has 1 unspecified atom stereocenters. The average Bonchev–Trinajstić information content (AvgIpc) is 3.26. The summed E-state index contributed by atoms with van der Waals surface area (Å²) in [7, 11) is 0. The van der Waals surface area contributed by atoms with Crippen LogP contribution in [0.2, 0.25) is 0 Å². The second-order valence-electron chi connectivity index (χ2n) is 7.85. The SMILES string of the molecule is CC(C)N1CCN(C(=O)C2Cc3ccccc3CN2C(=O)c2ccco2)CC1. The minimum Gasteiger partial charge on any atom is -0.459 e. The Bertz CT molecular complexity index is 838. The third kappa shape index (κ3) is 3.56. The summed E-state index contributed by atoms with van der Waals surface area (Å²) in [5.41, 5.74) is 2.24. The molecule has 1 fully saturated rings. The highest BCUT2D eigenvalue weighted by molar-refractivity contribution is 5.96. The fourth-order valence-electron chi connectivity index (χ4n) is 4.17. The molecule has 2 aliphatic rings. The molecule has 0 radical (unpaired) electrons. The smallest absolute Gasteiger partial charge is 0.290 e. The predicted molar refractivity (Wildman–Crippen MR) is 106 cm³/mol. The Kier molecular flexibility index (Phi) is 5.22. The van der Waals surface area contributed by atoms with E-state index in [1.54, 1.807) is 17.0 Å². The van der Waals surface area contributed by atoms with Gasteiger partial charge in [0.1, 0.15) is 6.04 Å². The summed E-state index contributed by atoms with van der Waals surface area (Å²) in [6.45, 7) is 7.95. The van der Waals surface area contributed by atoms with E-state index in [0.717, 1.165) is 24.2 Å². The highest BCUT2D eigenvalue weighted by atomic mass is 16.3. The maximum atomic E-state index is 13.4. The van der Waals surface area contributed by atoms with Gasteiger partial charge in [0.05, 0.1) is 6.26 Å². The third-order valence-electron chi connectivity index (χ3n) is 5.88. The number of nitrogens with zero attached hydrogens (tertiary/aromatic N) is 3. The summed E-state index contributed by atoms with van der Waals surface area (Å²) in [4.78, 5) is 32.4. The standard InChI is InChI=1S/C22H27N3O3/c1-16(2)23-9-11-24(12-10-23)21(26)19-14-17-6-3-4-7-18(17)15-25(19)22(27)20-8-5-13-28-20/h3-8,13,16,19H,9-12,14-15H2,1-2H3. The van der Waals surface area contributed by atoms with Crippen molar-refractivity contribution in [3.63, 3.8) is 0 Å². The van der Waals surface area contributed by atoms with Crippen LogP contribution in [0.25, 0.3) is 0 Å². The molecule has 148 valence electrons. The molecule has 0 saturated carbocycles. The number of piperazine rings is 1. The average molecular weight is 381 g/mol. The fourth-order valence-corrected chi connectivity index (χ4v) is 4.17. The number of amides is 2. The molecule has 4 rings (SSSR count). The lowest BCUT2D eigenvalue weighted by atomic mass is 9.92. The molecule has 0 aliphatic carbocycles. The van der Waals surface area contributed by atoms with Gasteiger partial charge in [-0.05, 0) is 37.1 Å². The van der Waals surface area contributed by atoms with Crippen molar-refractivity contribution in [2.45, 2.75) is 38.9 Å². The van der Waals surface area contributed by atoms with Crippen molar-refractivity contribution in [3.8, 4) is 0 Å². The molecule has 2 aromatic rings. The lowest BCUT2D eigenvalue weighted by Gasteiger charge is -2.42. The van der Waals surface area contributed by atoms with Crippen LogP contribution in [0.4, 0.5) is 0 Å². The highest BCUT2D eigenvalue weighted by Crippen LogP contribution is 2.26. The predicted octanol–water partition coefficient (Wildman–Crippen LogP) is 2.40. The molecule has 1 aromatic carbocycles. The van der Waals surface area contributed by atoms with Crippen LogP contribution in [0.15, 0.2) is 47.1 Å². The molecule has 6 nitrogen and oxygen atoms in total. The number of benzene rings is 1. The largest absolute Gasteiger partial charge is 0.459 e. The van der Waals surface area contributed by atoms with Gasteiger partial charge in [-0.2, -0.15) is 0 Å². The fraction of sp³-hybridized carbons (Fsp3) is 0.455. The Hall–Kier alpha value is -2.60. The summed E-state index contributed by atoms with van der Waals surface area (Å²) in [6.07, 6.45) is 2.04. The van der Waals surface area contributed by atoms with Crippen molar-refractivity contribution >= 4 is 11.8 Å². The zero-order chi connectivity index (χ0) is 19.7. The third-order valence-corrected chi connectivity index (χ3v) is 5.88. The first-order valence-electron chi connectivity index (χ1n) is 9.98. The van der Waals surface area contributed by atoms with Crippen LogP contribution in [0.5, 0.6) is 0 Å². The van der Waals surface area contributed by atoms with Crippen molar-refractivity contribution in [1.29, 1.82) is 0 Å². The lowest BCUT2D eigenvalue weighted by Crippen LogP contribution is -2.58. The van der Waals surface area contributed by atoms with Gasteiger partial charge in [-0.1, -0.05) is 24.3 Å². The Morgan fingerprint density at radius 2 is 1.71 bits per heavy atom. The molecule has 2 aliphatic heterocycles. The highest BCUT2D eigenvalue weighted by Gasteiger charge is 2.38. The molecule has 1 saturated heterocycles. The number of furan rings is 1. The van der Waals surface area contributed by atoms with E-state index in [0.29, 0.717) is 32.1 Å². The normalized spacial score (nSPS) is 20.3. The second kappa shape index (κ2) is 7.80. The number of hydrogen-bond acceptors (Lipinski definition) is 4. The molecular formula is C22H27N3O3. The molecular weight excluding hydrogens is 354 g/mol. The van der Waals surface area contributed by atoms with Crippen molar-refractivity contribution < 1.29 is 14.0 Å². The van der Waals surface area contributed by atoms with E-state index in [-0.39, 0.29) is 17.6 Å². The molecule has 1 atom stereocenters. The van der Waals surface area contributed by atoms with Crippen molar-refractivity contribution in [3.05, 3.63) is 59.5 Å². The van der Waals surface area contributed by atoms with Gasteiger partial charge in [0.2, 0.25) is 5.91 Å². The lowest BCUT2D eigenvalue weighted by molar-refractivity contribution is -0.138. The van der Waals surface area contributed by atoms with E-state index < -0.39 is 6.04 Å². The van der Waals surface area contributed by atoms with E-state index >= 15 is 0 Å². The van der Waals surface area contributed by atoms with Gasteiger partial charge in [-0.3, -0.25) is 14.5 Å². The topological polar surface area (TPSA) is 57.0 Å². The van der Waals surface area contributed by atoms with Crippen molar-refractivity contribution in [2.75, 3.05) is 26.2 Å². The summed E-state index contributed by atoms with van der Waals surface area (Å²) < 4.78 is 5.33. The first kappa shape index (κ1) is 18.7. The zero-order valence-electron chi connectivity index (χ0n) is 16.5. The van der Waals surface area contributed by atoms with Crippen LogP contribution in [-0.2, 0) is 17.8 Å². The van der Waals surface area contributed by atoms with Crippen LogP contribution >= 0.6 is 0 Å². The van der Waals surface area contributed by atoms with E-state index in [2.05, 4.69) is 24.8 Å². The quantitative estimate of drug-likeness (QED) is 0.819.